The maximum Gasteiger partial charge on any atom is 0.417 e. The highest BCUT2D eigenvalue weighted by atomic mass is 35.5. The molecule has 36 heavy (non-hydrogen) atoms. The highest BCUT2D eigenvalue weighted by molar-refractivity contribution is 6.30. The van der Waals surface area contributed by atoms with Crippen LogP contribution in [0.3, 0.4) is 0 Å². The van der Waals surface area contributed by atoms with Crippen molar-refractivity contribution < 1.29 is 13.2 Å². The molecule has 0 aliphatic heterocycles. The van der Waals surface area contributed by atoms with E-state index in [-0.39, 0.29) is 0 Å². The Labute approximate surface area is 213 Å². The summed E-state index contributed by atoms with van der Waals surface area (Å²) >= 11 is 6.21. The van der Waals surface area contributed by atoms with Crippen LogP contribution in [0.25, 0.3) is 28.0 Å². The van der Waals surface area contributed by atoms with Crippen LogP contribution in [0.2, 0.25) is 5.02 Å². The van der Waals surface area contributed by atoms with E-state index in [4.69, 9.17) is 11.6 Å². The van der Waals surface area contributed by atoms with Crippen LogP contribution in [0.4, 0.5) is 19.1 Å². The van der Waals surface area contributed by atoms with Gasteiger partial charge in [0.05, 0.1) is 22.3 Å². The highest BCUT2D eigenvalue weighted by Gasteiger charge is 2.31. The molecule has 0 bridgehead atoms. The van der Waals surface area contributed by atoms with Gasteiger partial charge in [0.15, 0.2) is 0 Å². The van der Waals surface area contributed by atoms with Crippen molar-refractivity contribution in [3.8, 4) is 22.5 Å². The summed E-state index contributed by atoms with van der Waals surface area (Å²) in [6.45, 7) is 10.1. The van der Waals surface area contributed by atoms with Crippen molar-refractivity contribution in [3.05, 3.63) is 65.4 Å². The first-order valence-electron chi connectivity index (χ1n) is 11.7. The fourth-order valence-electron chi connectivity index (χ4n) is 4.30. The van der Waals surface area contributed by atoms with Crippen molar-refractivity contribution in [1.82, 2.24) is 24.5 Å². The van der Waals surface area contributed by atoms with Crippen LogP contribution < -0.4 is 5.32 Å². The van der Waals surface area contributed by atoms with Crippen LogP contribution in [0.1, 0.15) is 33.3 Å². The van der Waals surface area contributed by atoms with E-state index in [1.54, 1.807) is 30.5 Å². The number of hydrogen-bond donors (Lipinski definition) is 1. The second kappa shape index (κ2) is 10.4. The fraction of sp³-hybridized carbons (Fsp3) is 0.346. The molecule has 3 heterocycles. The van der Waals surface area contributed by atoms with Crippen molar-refractivity contribution in [3.63, 3.8) is 0 Å². The lowest BCUT2D eigenvalue weighted by Gasteiger charge is -2.30. The average Bonchev–Trinajstić information content (AvgIpc) is 3.20. The third-order valence-electron chi connectivity index (χ3n) is 5.95. The highest BCUT2D eigenvalue weighted by Crippen LogP contribution is 2.37. The van der Waals surface area contributed by atoms with E-state index in [2.05, 4.69) is 53.0 Å². The van der Waals surface area contributed by atoms with E-state index in [0.717, 1.165) is 18.8 Å². The monoisotopic (exact) mass is 516 g/mol. The summed E-state index contributed by atoms with van der Waals surface area (Å²) in [5.41, 5.74) is 2.00. The Hall–Kier alpha value is -3.17. The van der Waals surface area contributed by atoms with Gasteiger partial charge in [0.2, 0.25) is 5.95 Å². The van der Waals surface area contributed by atoms with Crippen LogP contribution in [-0.4, -0.2) is 49.7 Å². The number of fused-ring (bicyclic) bond motifs is 1. The average molecular weight is 517 g/mol. The summed E-state index contributed by atoms with van der Waals surface area (Å²) in [5.74, 6) is 0.434. The Morgan fingerprint density at radius 2 is 1.81 bits per heavy atom. The Balaban J connectivity index is 1.74. The molecule has 0 radical (unpaired) electrons. The number of nitrogens with zero attached hydrogens (tertiary/aromatic N) is 5. The standard InChI is InChI=1S/C26H28ClF3N6/c1-16(2)35(17(3)4)13-12-32-25-31-11-10-21(33-25)23-22-9-8-19(26(28,29)30)15-36(22)34-24(23)18-6-5-7-20(27)14-18/h5-11,14-17H,12-13H2,1-4H3,(H,31,32,33). The maximum atomic E-state index is 13.4. The van der Waals surface area contributed by atoms with Gasteiger partial charge in [0.1, 0.15) is 5.69 Å². The normalized spacial score (nSPS) is 12.3. The topological polar surface area (TPSA) is 58.3 Å². The molecule has 4 rings (SSSR count). The second-order valence-corrected chi connectivity index (χ2v) is 9.53. The molecular formula is C26H28ClF3N6. The van der Waals surface area contributed by atoms with Crippen LogP contribution in [0.15, 0.2) is 54.9 Å². The zero-order valence-electron chi connectivity index (χ0n) is 20.5. The lowest BCUT2D eigenvalue weighted by molar-refractivity contribution is -0.137. The number of rotatable bonds is 8. The van der Waals surface area contributed by atoms with E-state index in [0.29, 0.717) is 57.6 Å². The Bertz CT molecular complexity index is 1340. The lowest BCUT2D eigenvalue weighted by Crippen LogP contribution is -2.40. The van der Waals surface area contributed by atoms with Crippen LogP contribution in [-0.2, 0) is 6.18 Å². The molecule has 6 nitrogen and oxygen atoms in total. The first-order valence-corrected chi connectivity index (χ1v) is 12.1. The number of aromatic nitrogens is 4. The van der Waals surface area contributed by atoms with Crippen molar-refractivity contribution in [2.45, 2.75) is 46.0 Å². The molecule has 190 valence electrons. The fourth-order valence-corrected chi connectivity index (χ4v) is 4.49. The van der Waals surface area contributed by atoms with Gasteiger partial charge in [0, 0.05) is 48.2 Å². The van der Waals surface area contributed by atoms with E-state index >= 15 is 0 Å². The van der Waals surface area contributed by atoms with Crippen LogP contribution in [0, 0.1) is 0 Å². The molecule has 0 spiro atoms. The molecule has 3 aromatic heterocycles. The zero-order valence-corrected chi connectivity index (χ0v) is 21.3. The third kappa shape index (κ3) is 5.63. The van der Waals surface area contributed by atoms with E-state index in [1.807, 2.05) is 6.07 Å². The number of anilines is 1. The molecule has 0 saturated carbocycles. The molecular weight excluding hydrogens is 489 g/mol. The minimum Gasteiger partial charge on any atom is -0.353 e. The summed E-state index contributed by atoms with van der Waals surface area (Å²) in [5, 5.41) is 8.27. The molecule has 1 N–H and O–H groups in total. The van der Waals surface area contributed by atoms with Crippen LogP contribution >= 0.6 is 11.6 Å². The molecule has 0 atom stereocenters. The van der Waals surface area contributed by atoms with Crippen LogP contribution in [0.5, 0.6) is 0 Å². The van der Waals surface area contributed by atoms with Gasteiger partial charge >= 0.3 is 6.18 Å². The van der Waals surface area contributed by atoms with Gasteiger partial charge in [0.25, 0.3) is 0 Å². The van der Waals surface area contributed by atoms with Gasteiger partial charge in [-0.1, -0.05) is 23.7 Å². The smallest absolute Gasteiger partial charge is 0.353 e. The minimum absolute atomic E-state index is 0.402. The third-order valence-corrected chi connectivity index (χ3v) is 6.18. The zero-order chi connectivity index (χ0) is 26.0. The van der Waals surface area contributed by atoms with Gasteiger partial charge in [-0.2, -0.15) is 18.3 Å². The van der Waals surface area contributed by atoms with Crippen molar-refractivity contribution in [2.24, 2.45) is 0 Å². The summed E-state index contributed by atoms with van der Waals surface area (Å²) in [7, 11) is 0. The van der Waals surface area contributed by atoms with E-state index in [9.17, 15) is 13.2 Å². The van der Waals surface area contributed by atoms with Gasteiger partial charge in [-0.15, -0.1) is 0 Å². The maximum absolute atomic E-state index is 13.4. The molecule has 0 unspecified atom stereocenters. The molecule has 0 amide bonds. The molecule has 0 aliphatic carbocycles. The minimum atomic E-state index is -4.48. The Morgan fingerprint density at radius 3 is 2.47 bits per heavy atom. The van der Waals surface area contributed by atoms with E-state index in [1.165, 1.54) is 10.6 Å². The summed E-state index contributed by atoms with van der Waals surface area (Å²) < 4.78 is 41.3. The molecule has 10 heteroatoms. The first-order chi connectivity index (χ1) is 17.0. The number of benzene rings is 1. The number of pyridine rings is 1. The van der Waals surface area contributed by atoms with Gasteiger partial charge in [-0.05, 0) is 58.0 Å². The largest absolute Gasteiger partial charge is 0.417 e. The number of alkyl halides is 3. The Kier molecular flexibility index (Phi) is 7.51. The summed E-state index contributed by atoms with van der Waals surface area (Å²) in [6.07, 6.45) is -1.87. The molecule has 1 aromatic carbocycles. The van der Waals surface area contributed by atoms with E-state index < -0.39 is 11.7 Å². The van der Waals surface area contributed by atoms with Crippen molar-refractivity contribution in [1.29, 1.82) is 0 Å². The number of halogens is 4. The number of nitrogens with one attached hydrogen (secondary N) is 1. The second-order valence-electron chi connectivity index (χ2n) is 9.10. The summed E-state index contributed by atoms with van der Waals surface area (Å²) in [6, 6.07) is 12.0. The lowest BCUT2D eigenvalue weighted by atomic mass is 10.0. The van der Waals surface area contributed by atoms with Gasteiger partial charge in [-0.25, -0.2) is 14.5 Å². The van der Waals surface area contributed by atoms with Crippen molar-refractivity contribution >= 4 is 23.1 Å². The molecule has 0 saturated heterocycles. The predicted octanol–water partition coefficient (Wildman–Crippen LogP) is 6.66. The van der Waals surface area contributed by atoms with Crippen molar-refractivity contribution in [2.75, 3.05) is 18.4 Å². The first kappa shape index (κ1) is 25.9. The molecule has 4 aromatic rings. The molecule has 0 aliphatic rings. The predicted molar refractivity (Wildman–Crippen MR) is 137 cm³/mol. The quantitative estimate of drug-likeness (QED) is 0.284. The Morgan fingerprint density at radius 1 is 1.06 bits per heavy atom. The van der Waals surface area contributed by atoms with Gasteiger partial charge < -0.3 is 5.32 Å². The van der Waals surface area contributed by atoms with Gasteiger partial charge in [-0.3, -0.25) is 4.90 Å². The number of hydrogen-bond acceptors (Lipinski definition) is 5. The SMILES string of the molecule is CC(C)N(CCNc1nccc(-c2c(-c3cccc(Cl)c3)nn3cc(C(F)(F)F)ccc23)n1)C(C)C. The molecule has 0 fully saturated rings. The summed E-state index contributed by atoms with van der Waals surface area (Å²) in [4.78, 5) is 11.4.